The topological polar surface area (TPSA) is 26.3 Å². The Morgan fingerprint density at radius 2 is 2.17 bits per heavy atom. The van der Waals surface area contributed by atoms with Gasteiger partial charge < -0.3 is 9.22 Å². The predicted octanol–water partition coefficient (Wildman–Crippen LogP) is 0.646. The van der Waals surface area contributed by atoms with Crippen molar-refractivity contribution in [3.05, 3.63) is 0 Å². The standard InChI is InChI=1S/C9H18NO2/c1-10(2)6-4-5-8(7-10)9(11)12-3/h8H,4-7H2,1-3H3/q+1/t8-/m0/s1. The largest absolute Gasteiger partial charge is 0.469 e. The van der Waals surface area contributed by atoms with E-state index < -0.39 is 0 Å². The second-order valence-corrected chi connectivity index (χ2v) is 4.20. The van der Waals surface area contributed by atoms with E-state index in [2.05, 4.69) is 14.1 Å². The summed E-state index contributed by atoms with van der Waals surface area (Å²) in [5.41, 5.74) is 0. The van der Waals surface area contributed by atoms with Crippen molar-refractivity contribution in [2.45, 2.75) is 12.8 Å². The average Bonchev–Trinajstić information content (AvgIpc) is 2.01. The van der Waals surface area contributed by atoms with E-state index in [1.54, 1.807) is 0 Å². The molecule has 0 unspecified atom stereocenters. The summed E-state index contributed by atoms with van der Waals surface area (Å²) in [6.45, 7) is 2.10. The van der Waals surface area contributed by atoms with Gasteiger partial charge in [-0.25, -0.2) is 0 Å². The van der Waals surface area contributed by atoms with E-state index in [0.717, 1.165) is 23.9 Å². The van der Waals surface area contributed by atoms with Crippen LogP contribution in [-0.2, 0) is 9.53 Å². The Morgan fingerprint density at radius 3 is 2.67 bits per heavy atom. The molecule has 0 saturated carbocycles. The molecule has 0 spiro atoms. The molecule has 1 heterocycles. The minimum absolute atomic E-state index is 0.0408. The number of ether oxygens (including phenoxy) is 1. The number of methoxy groups -OCH3 is 1. The van der Waals surface area contributed by atoms with Crippen LogP contribution < -0.4 is 0 Å². The van der Waals surface area contributed by atoms with Crippen molar-refractivity contribution in [2.75, 3.05) is 34.3 Å². The fourth-order valence-corrected chi connectivity index (χ4v) is 1.90. The first-order chi connectivity index (χ1) is 5.55. The van der Waals surface area contributed by atoms with Gasteiger partial charge in [-0.1, -0.05) is 0 Å². The Bertz CT molecular complexity index is 177. The lowest BCUT2D eigenvalue weighted by Crippen LogP contribution is -2.49. The summed E-state index contributed by atoms with van der Waals surface area (Å²) in [7, 11) is 5.79. The molecule has 0 N–H and O–H groups in total. The molecule has 0 bridgehead atoms. The zero-order valence-corrected chi connectivity index (χ0v) is 8.17. The first-order valence-electron chi connectivity index (χ1n) is 4.45. The van der Waals surface area contributed by atoms with Crippen molar-refractivity contribution in [3.63, 3.8) is 0 Å². The van der Waals surface area contributed by atoms with Gasteiger partial charge in [0.25, 0.3) is 0 Å². The van der Waals surface area contributed by atoms with E-state index in [1.807, 2.05) is 0 Å². The van der Waals surface area contributed by atoms with Gasteiger partial charge in [0, 0.05) is 0 Å². The highest BCUT2D eigenvalue weighted by Crippen LogP contribution is 2.20. The lowest BCUT2D eigenvalue weighted by atomic mass is 9.97. The Labute approximate surface area is 73.9 Å². The molecule has 0 aromatic rings. The van der Waals surface area contributed by atoms with Gasteiger partial charge in [-0.15, -0.1) is 0 Å². The van der Waals surface area contributed by atoms with Crippen LogP contribution in [0.15, 0.2) is 0 Å². The van der Waals surface area contributed by atoms with Crippen LogP contribution in [0.1, 0.15) is 12.8 Å². The first kappa shape index (κ1) is 9.52. The number of likely N-dealkylation sites (tertiary alicyclic amines) is 1. The molecule has 1 aliphatic rings. The number of piperidine rings is 1. The zero-order valence-electron chi connectivity index (χ0n) is 8.17. The molecular weight excluding hydrogens is 154 g/mol. The number of quaternary nitrogens is 1. The number of hydrogen-bond donors (Lipinski definition) is 0. The van der Waals surface area contributed by atoms with Crippen molar-refractivity contribution in [3.8, 4) is 0 Å². The minimum Gasteiger partial charge on any atom is -0.469 e. The third kappa shape index (κ3) is 2.21. The highest BCUT2D eigenvalue weighted by atomic mass is 16.5. The van der Waals surface area contributed by atoms with Crippen LogP contribution in [0, 0.1) is 5.92 Å². The second kappa shape index (κ2) is 3.44. The van der Waals surface area contributed by atoms with E-state index in [0.29, 0.717) is 0 Å². The van der Waals surface area contributed by atoms with Crippen LogP contribution in [0.3, 0.4) is 0 Å². The first-order valence-corrected chi connectivity index (χ1v) is 4.45. The molecule has 1 saturated heterocycles. The number of rotatable bonds is 1. The Morgan fingerprint density at radius 1 is 1.50 bits per heavy atom. The normalized spacial score (nSPS) is 28.1. The van der Waals surface area contributed by atoms with Crippen molar-refractivity contribution in [1.82, 2.24) is 0 Å². The van der Waals surface area contributed by atoms with Crippen molar-refractivity contribution >= 4 is 5.97 Å². The molecule has 0 radical (unpaired) electrons. The van der Waals surface area contributed by atoms with E-state index >= 15 is 0 Å². The molecule has 1 atom stereocenters. The van der Waals surface area contributed by atoms with E-state index in [9.17, 15) is 4.79 Å². The lowest BCUT2D eigenvalue weighted by Gasteiger charge is -2.36. The summed E-state index contributed by atoms with van der Waals surface area (Å²) in [4.78, 5) is 11.2. The van der Waals surface area contributed by atoms with E-state index in [1.165, 1.54) is 13.7 Å². The van der Waals surface area contributed by atoms with Gasteiger partial charge in [0.2, 0.25) is 0 Å². The molecule has 12 heavy (non-hydrogen) atoms. The van der Waals surface area contributed by atoms with Crippen LogP contribution in [0.4, 0.5) is 0 Å². The van der Waals surface area contributed by atoms with Gasteiger partial charge in [-0.2, -0.15) is 0 Å². The fraction of sp³-hybridized carbons (Fsp3) is 0.889. The summed E-state index contributed by atoms with van der Waals surface area (Å²) < 4.78 is 5.68. The third-order valence-electron chi connectivity index (χ3n) is 2.57. The SMILES string of the molecule is COC(=O)[C@H]1CCC[N+](C)(C)C1. The van der Waals surface area contributed by atoms with Gasteiger partial charge in [0.1, 0.15) is 5.92 Å². The molecule has 70 valence electrons. The van der Waals surface area contributed by atoms with E-state index in [-0.39, 0.29) is 11.9 Å². The monoisotopic (exact) mass is 172 g/mol. The molecule has 0 aromatic carbocycles. The smallest absolute Gasteiger partial charge is 0.314 e. The van der Waals surface area contributed by atoms with Crippen molar-refractivity contribution in [2.24, 2.45) is 5.92 Å². The molecule has 3 nitrogen and oxygen atoms in total. The number of hydrogen-bond acceptors (Lipinski definition) is 2. The lowest BCUT2D eigenvalue weighted by molar-refractivity contribution is -0.897. The highest BCUT2D eigenvalue weighted by molar-refractivity contribution is 5.72. The number of nitrogens with zero attached hydrogens (tertiary/aromatic N) is 1. The van der Waals surface area contributed by atoms with Crippen LogP contribution in [0.25, 0.3) is 0 Å². The van der Waals surface area contributed by atoms with Crippen LogP contribution in [0.2, 0.25) is 0 Å². The van der Waals surface area contributed by atoms with Gasteiger partial charge in [-0.05, 0) is 12.8 Å². The van der Waals surface area contributed by atoms with E-state index in [4.69, 9.17) is 4.74 Å². The Hall–Kier alpha value is -0.570. The molecular formula is C9H18NO2+. The molecule has 3 heteroatoms. The summed E-state index contributed by atoms with van der Waals surface area (Å²) >= 11 is 0. The predicted molar refractivity (Wildman–Crippen MR) is 46.6 cm³/mol. The minimum atomic E-state index is -0.0408. The van der Waals surface area contributed by atoms with Crippen LogP contribution in [0.5, 0.6) is 0 Å². The Balaban J connectivity index is 2.52. The average molecular weight is 172 g/mol. The molecule has 0 amide bonds. The summed E-state index contributed by atoms with van der Waals surface area (Å²) in [6.07, 6.45) is 2.13. The number of carbonyl (C=O) groups excluding carboxylic acids is 1. The van der Waals surface area contributed by atoms with Gasteiger partial charge in [0.15, 0.2) is 0 Å². The van der Waals surface area contributed by atoms with Gasteiger partial charge in [0.05, 0.1) is 34.3 Å². The summed E-state index contributed by atoms with van der Waals surface area (Å²) in [5, 5.41) is 0. The molecule has 1 aliphatic heterocycles. The molecule has 1 fully saturated rings. The summed E-state index contributed by atoms with van der Waals surface area (Å²) in [5.74, 6) is 0.0830. The molecule has 0 aliphatic carbocycles. The third-order valence-corrected chi connectivity index (χ3v) is 2.57. The van der Waals surface area contributed by atoms with Crippen LogP contribution in [-0.4, -0.2) is 44.7 Å². The van der Waals surface area contributed by atoms with Crippen molar-refractivity contribution in [1.29, 1.82) is 0 Å². The maximum absolute atomic E-state index is 11.2. The zero-order chi connectivity index (χ0) is 9.19. The molecule has 0 aromatic heterocycles. The number of esters is 1. The molecule has 1 rings (SSSR count). The van der Waals surface area contributed by atoms with Gasteiger partial charge >= 0.3 is 5.97 Å². The maximum atomic E-state index is 11.2. The summed E-state index contributed by atoms with van der Waals surface area (Å²) in [6, 6.07) is 0. The highest BCUT2D eigenvalue weighted by Gasteiger charge is 2.32. The number of carbonyl (C=O) groups is 1. The quantitative estimate of drug-likeness (QED) is 0.429. The Kier molecular flexibility index (Phi) is 2.73. The van der Waals surface area contributed by atoms with Gasteiger partial charge in [-0.3, -0.25) is 4.79 Å². The van der Waals surface area contributed by atoms with Crippen molar-refractivity contribution < 1.29 is 14.0 Å². The maximum Gasteiger partial charge on any atom is 0.314 e. The van der Waals surface area contributed by atoms with Crippen LogP contribution >= 0.6 is 0 Å². The second-order valence-electron chi connectivity index (χ2n) is 4.20. The fourth-order valence-electron chi connectivity index (χ4n) is 1.90.